The van der Waals surface area contributed by atoms with Gasteiger partial charge in [-0.15, -0.1) is 0 Å². The number of halogens is 1. The van der Waals surface area contributed by atoms with Crippen molar-refractivity contribution in [3.63, 3.8) is 0 Å². The zero-order chi connectivity index (χ0) is 27.5. The Balaban J connectivity index is 1.39. The molecule has 10 heteroatoms. The number of hydrogen-bond donors (Lipinski definition) is 3. The molecule has 1 fully saturated rings. The summed E-state index contributed by atoms with van der Waals surface area (Å²) in [5.41, 5.74) is 9.09. The SMILES string of the molecule is C=C(CN1CCC[C@H]1c1nc(-c2ccc(C(=O)Nc3cc(F)ccn3)cc2)c(C(N)=O)n1N)c1ccccc1. The fourth-order valence-corrected chi connectivity index (χ4v) is 4.88. The van der Waals surface area contributed by atoms with Crippen LogP contribution in [-0.4, -0.2) is 44.4 Å². The maximum atomic E-state index is 13.4. The summed E-state index contributed by atoms with van der Waals surface area (Å²) in [7, 11) is 0. The van der Waals surface area contributed by atoms with Crippen molar-refractivity contribution in [2.75, 3.05) is 24.2 Å². The Labute approximate surface area is 224 Å². The molecule has 5 rings (SSSR count). The van der Waals surface area contributed by atoms with Gasteiger partial charge in [0.05, 0.1) is 6.04 Å². The first-order valence-electron chi connectivity index (χ1n) is 12.5. The normalized spacial score (nSPS) is 15.3. The maximum absolute atomic E-state index is 13.4. The Hall–Kier alpha value is -4.83. The number of nitrogen functional groups attached to an aromatic ring is 1. The third-order valence-electron chi connectivity index (χ3n) is 6.79. The Morgan fingerprint density at radius 3 is 2.51 bits per heavy atom. The van der Waals surface area contributed by atoms with Gasteiger partial charge in [0.15, 0.2) is 5.69 Å². The first-order chi connectivity index (χ1) is 18.8. The number of hydrogen-bond acceptors (Lipinski definition) is 6. The summed E-state index contributed by atoms with van der Waals surface area (Å²) in [6.45, 7) is 5.73. The lowest BCUT2D eigenvalue weighted by molar-refractivity contribution is 0.0991. The molecule has 5 N–H and O–H groups in total. The van der Waals surface area contributed by atoms with Crippen LogP contribution >= 0.6 is 0 Å². The van der Waals surface area contributed by atoms with E-state index in [0.29, 0.717) is 29.2 Å². The van der Waals surface area contributed by atoms with Crippen molar-refractivity contribution in [1.82, 2.24) is 19.5 Å². The minimum Gasteiger partial charge on any atom is -0.364 e. The van der Waals surface area contributed by atoms with Crippen LogP contribution in [0.5, 0.6) is 0 Å². The van der Waals surface area contributed by atoms with E-state index in [2.05, 4.69) is 21.8 Å². The van der Waals surface area contributed by atoms with Crippen LogP contribution in [0.25, 0.3) is 16.8 Å². The molecule has 4 aromatic rings. The molecule has 0 radical (unpaired) electrons. The van der Waals surface area contributed by atoms with Crippen molar-refractivity contribution in [3.8, 4) is 11.3 Å². The Kier molecular flexibility index (Phi) is 7.20. The van der Waals surface area contributed by atoms with E-state index in [-0.39, 0.29) is 17.6 Å². The van der Waals surface area contributed by atoms with E-state index in [1.165, 1.54) is 16.9 Å². The maximum Gasteiger partial charge on any atom is 0.269 e. The fraction of sp³-hybridized carbons (Fsp3) is 0.172. The standard InChI is InChI=1S/C29H28FN7O2/c1-18(19-6-3-2-4-7-19)17-36-15-5-8-23(36)28-35-25(26(27(31)38)37(28)32)20-9-11-21(12-10-20)29(39)34-24-16-22(30)13-14-33-24/h2-4,6-7,9-14,16,23H,1,5,8,15,17,32H2,(H2,31,38)(H,33,34,39)/t23-/m0/s1. The zero-order valence-electron chi connectivity index (χ0n) is 21.2. The minimum absolute atomic E-state index is 0.0832. The lowest BCUT2D eigenvalue weighted by Crippen LogP contribution is -2.30. The zero-order valence-corrected chi connectivity index (χ0v) is 21.2. The molecule has 0 saturated carbocycles. The molecule has 0 unspecified atom stereocenters. The fourth-order valence-electron chi connectivity index (χ4n) is 4.88. The van der Waals surface area contributed by atoms with E-state index in [9.17, 15) is 14.0 Å². The van der Waals surface area contributed by atoms with Gasteiger partial charge >= 0.3 is 0 Å². The highest BCUT2D eigenvalue weighted by molar-refractivity contribution is 6.04. The van der Waals surface area contributed by atoms with Crippen LogP contribution in [0.2, 0.25) is 0 Å². The molecule has 1 aliphatic rings. The quantitative estimate of drug-likeness (QED) is 0.298. The molecule has 0 spiro atoms. The van der Waals surface area contributed by atoms with Gasteiger partial charge in [0.25, 0.3) is 11.8 Å². The highest BCUT2D eigenvalue weighted by atomic mass is 19.1. The summed E-state index contributed by atoms with van der Waals surface area (Å²) in [4.78, 5) is 36.0. The van der Waals surface area contributed by atoms with Gasteiger partial charge in [0.2, 0.25) is 0 Å². The Morgan fingerprint density at radius 2 is 1.82 bits per heavy atom. The highest BCUT2D eigenvalue weighted by Crippen LogP contribution is 2.35. The lowest BCUT2D eigenvalue weighted by atomic mass is 10.1. The number of carbonyl (C=O) groups is 2. The van der Waals surface area contributed by atoms with E-state index in [0.717, 1.165) is 36.6 Å². The van der Waals surface area contributed by atoms with Crippen LogP contribution in [0.15, 0.2) is 79.5 Å². The van der Waals surface area contributed by atoms with E-state index >= 15 is 0 Å². The van der Waals surface area contributed by atoms with Crippen molar-refractivity contribution in [2.45, 2.75) is 18.9 Å². The predicted molar refractivity (Wildman–Crippen MR) is 148 cm³/mol. The van der Waals surface area contributed by atoms with Gasteiger partial charge in [0.1, 0.15) is 23.2 Å². The molecule has 2 amide bonds. The number of aromatic nitrogens is 3. The number of benzene rings is 2. The van der Waals surface area contributed by atoms with Gasteiger partial charge in [0, 0.05) is 29.9 Å². The van der Waals surface area contributed by atoms with Crippen LogP contribution in [0, 0.1) is 5.82 Å². The topological polar surface area (TPSA) is 132 Å². The number of imidazole rings is 1. The molecule has 1 atom stereocenters. The predicted octanol–water partition coefficient (Wildman–Crippen LogP) is 4.00. The van der Waals surface area contributed by atoms with Crippen molar-refractivity contribution >= 4 is 23.2 Å². The number of nitrogens with zero attached hydrogens (tertiary/aromatic N) is 4. The summed E-state index contributed by atoms with van der Waals surface area (Å²) in [6.07, 6.45) is 3.04. The molecule has 198 valence electrons. The van der Waals surface area contributed by atoms with Crippen LogP contribution in [0.1, 0.15) is 51.1 Å². The van der Waals surface area contributed by atoms with Gasteiger partial charge < -0.3 is 16.9 Å². The van der Waals surface area contributed by atoms with Crippen LogP contribution in [0.3, 0.4) is 0 Å². The summed E-state index contributed by atoms with van der Waals surface area (Å²) >= 11 is 0. The number of anilines is 1. The monoisotopic (exact) mass is 525 g/mol. The number of rotatable bonds is 8. The van der Waals surface area contributed by atoms with E-state index in [1.807, 2.05) is 30.3 Å². The smallest absolute Gasteiger partial charge is 0.269 e. The van der Waals surface area contributed by atoms with Gasteiger partial charge in [-0.1, -0.05) is 49.0 Å². The van der Waals surface area contributed by atoms with Crippen LogP contribution in [-0.2, 0) is 0 Å². The van der Waals surface area contributed by atoms with Crippen LogP contribution < -0.4 is 16.9 Å². The first kappa shape index (κ1) is 25.8. The number of carbonyl (C=O) groups excluding carboxylic acids is 2. The number of amides is 2. The van der Waals surface area contributed by atoms with Crippen molar-refractivity contribution < 1.29 is 14.0 Å². The molecule has 2 aromatic heterocycles. The molecule has 1 saturated heterocycles. The Bertz CT molecular complexity index is 1530. The minimum atomic E-state index is -0.705. The molecule has 0 bridgehead atoms. The number of primary amides is 1. The van der Waals surface area contributed by atoms with Crippen molar-refractivity contribution in [1.29, 1.82) is 0 Å². The summed E-state index contributed by atoms with van der Waals surface area (Å²) in [5, 5.41) is 2.55. The molecule has 1 aliphatic heterocycles. The third kappa shape index (κ3) is 5.41. The molecular formula is C29H28FN7O2. The second-order valence-corrected chi connectivity index (χ2v) is 9.39. The van der Waals surface area contributed by atoms with Gasteiger partial charge in [-0.3, -0.25) is 14.5 Å². The largest absolute Gasteiger partial charge is 0.364 e. The van der Waals surface area contributed by atoms with Crippen molar-refractivity contribution in [3.05, 3.63) is 108 Å². The first-order valence-corrected chi connectivity index (χ1v) is 12.5. The summed E-state index contributed by atoms with van der Waals surface area (Å²) in [6, 6.07) is 18.7. The van der Waals surface area contributed by atoms with Crippen molar-refractivity contribution in [2.24, 2.45) is 5.73 Å². The molecule has 9 nitrogen and oxygen atoms in total. The average Bonchev–Trinajstić information content (AvgIpc) is 3.52. The second-order valence-electron chi connectivity index (χ2n) is 9.39. The molecule has 0 aliphatic carbocycles. The number of nitrogens with one attached hydrogen (secondary N) is 1. The van der Waals surface area contributed by atoms with Gasteiger partial charge in [-0.2, -0.15) is 0 Å². The summed E-state index contributed by atoms with van der Waals surface area (Å²) < 4.78 is 14.7. The second kappa shape index (κ2) is 10.9. The molecular weight excluding hydrogens is 497 g/mol. The molecule has 3 heterocycles. The molecule has 39 heavy (non-hydrogen) atoms. The van der Waals surface area contributed by atoms with E-state index in [4.69, 9.17) is 16.6 Å². The van der Waals surface area contributed by atoms with Crippen LogP contribution in [0.4, 0.5) is 10.2 Å². The number of likely N-dealkylation sites (tertiary alicyclic amines) is 1. The average molecular weight is 526 g/mol. The van der Waals surface area contributed by atoms with Gasteiger partial charge in [-0.25, -0.2) is 19.0 Å². The van der Waals surface area contributed by atoms with Gasteiger partial charge in [-0.05, 0) is 48.7 Å². The molecule has 2 aromatic carbocycles. The van der Waals surface area contributed by atoms with E-state index < -0.39 is 17.6 Å². The number of nitrogens with two attached hydrogens (primary N) is 2. The highest BCUT2D eigenvalue weighted by Gasteiger charge is 2.33. The summed E-state index contributed by atoms with van der Waals surface area (Å²) in [5.74, 6) is 5.37. The third-order valence-corrected chi connectivity index (χ3v) is 6.79. The lowest BCUT2D eigenvalue weighted by Gasteiger charge is -2.25. The Morgan fingerprint density at radius 1 is 1.08 bits per heavy atom. The number of pyridine rings is 1. The van der Waals surface area contributed by atoms with E-state index in [1.54, 1.807) is 24.3 Å².